The standard InChI is InChI=1S/C17H28O/c1-6-7-12-17(5,18)13-10-15-14(2)9-8-11-16(15,3)4/h6,9-10,13,15,18H,1,7-8,11-12H2,2-5H3/b13-10+. The summed E-state index contributed by atoms with van der Waals surface area (Å²) >= 11 is 0. The molecule has 0 aromatic carbocycles. The van der Waals surface area contributed by atoms with Gasteiger partial charge in [-0.15, -0.1) is 6.58 Å². The predicted octanol–water partition coefficient (Wildman–Crippen LogP) is 4.64. The third-order valence-electron chi connectivity index (χ3n) is 4.09. The molecule has 0 aromatic heterocycles. The molecule has 0 heterocycles. The van der Waals surface area contributed by atoms with Gasteiger partial charge in [0.05, 0.1) is 5.60 Å². The maximum absolute atomic E-state index is 10.3. The second kappa shape index (κ2) is 5.88. The van der Waals surface area contributed by atoms with Crippen molar-refractivity contribution in [3.63, 3.8) is 0 Å². The molecular formula is C17H28O. The summed E-state index contributed by atoms with van der Waals surface area (Å²) in [6.45, 7) is 12.4. The van der Waals surface area contributed by atoms with E-state index < -0.39 is 5.60 Å². The van der Waals surface area contributed by atoms with Crippen molar-refractivity contribution < 1.29 is 5.11 Å². The predicted molar refractivity (Wildman–Crippen MR) is 79.5 cm³/mol. The number of aliphatic hydroxyl groups is 1. The fraction of sp³-hybridized carbons (Fsp3) is 0.647. The van der Waals surface area contributed by atoms with Gasteiger partial charge < -0.3 is 5.11 Å². The lowest BCUT2D eigenvalue weighted by molar-refractivity contribution is 0.102. The molecule has 0 bridgehead atoms. The van der Waals surface area contributed by atoms with Gasteiger partial charge in [-0.2, -0.15) is 0 Å². The van der Waals surface area contributed by atoms with Crippen LogP contribution in [0.4, 0.5) is 0 Å². The summed E-state index contributed by atoms with van der Waals surface area (Å²) in [5.41, 5.74) is 1.01. The molecule has 102 valence electrons. The zero-order valence-corrected chi connectivity index (χ0v) is 12.4. The fourth-order valence-electron chi connectivity index (χ4n) is 2.76. The molecule has 18 heavy (non-hydrogen) atoms. The van der Waals surface area contributed by atoms with E-state index in [1.807, 2.05) is 19.1 Å². The minimum absolute atomic E-state index is 0.295. The number of rotatable bonds is 5. The molecule has 1 aliphatic carbocycles. The first kappa shape index (κ1) is 15.2. The van der Waals surface area contributed by atoms with E-state index in [1.165, 1.54) is 18.4 Å². The molecule has 0 aliphatic heterocycles. The van der Waals surface area contributed by atoms with Gasteiger partial charge in [0.25, 0.3) is 0 Å². The lowest BCUT2D eigenvalue weighted by Gasteiger charge is -2.37. The zero-order chi connectivity index (χ0) is 13.8. The third kappa shape index (κ3) is 4.13. The highest BCUT2D eigenvalue weighted by Gasteiger charge is 2.31. The van der Waals surface area contributed by atoms with Crippen LogP contribution >= 0.6 is 0 Å². The average molecular weight is 248 g/mol. The molecule has 0 saturated heterocycles. The second-order valence-corrected chi connectivity index (χ2v) is 6.50. The van der Waals surface area contributed by atoms with Gasteiger partial charge in [-0.05, 0) is 44.9 Å². The van der Waals surface area contributed by atoms with Crippen LogP contribution in [0, 0.1) is 11.3 Å². The Hall–Kier alpha value is -0.820. The smallest absolute Gasteiger partial charge is 0.0802 e. The normalized spacial score (nSPS) is 26.7. The van der Waals surface area contributed by atoms with Crippen LogP contribution in [-0.4, -0.2) is 10.7 Å². The molecular weight excluding hydrogens is 220 g/mol. The van der Waals surface area contributed by atoms with Crippen molar-refractivity contribution in [3.05, 3.63) is 36.5 Å². The van der Waals surface area contributed by atoms with Gasteiger partial charge in [0.15, 0.2) is 0 Å². The first-order valence-electron chi connectivity index (χ1n) is 6.98. The monoisotopic (exact) mass is 248 g/mol. The van der Waals surface area contributed by atoms with Gasteiger partial charge in [0.1, 0.15) is 0 Å². The maximum atomic E-state index is 10.3. The van der Waals surface area contributed by atoms with Gasteiger partial charge in [0, 0.05) is 5.92 Å². The minimum atomic E-state index is -0.720. The molecule has 0 radical (unpaired) electrons. The Morgan fingerprint density at radius 2 is 2.22 bits per heavy atom. The Balaban J connectivity index is 2.78. The van der Waals surface area contributed by atoms with Gasteiger partial charge in [-0.1, -0.05) is 43.7 Å². The fourth-order valence-corrected chi connectivity index (χ4v) is 2.76. The van der Waals surface area contributed by atoms with Crippen molar-refractivity contribution in [2.75, 3.05) is 0 Å². The van der Waals surface area contributed by atoms with Crippen molar-refractivity contribution >= 4 is 0 Å². The summed E-state index contributed by atoms with van der Waals surface area (Å²) in [4.78, 5) is 0. The average Bonchev–Trinajstić information content (AvgIpc) is 2.25. The maximum Gasteiger partial charge on any atom is 0.0802 e. The molecule has 2 unspecified atom stereocenters. The summed E-state index contributed by atoms with van der Waals surface area (Å²) in [6.07, 6.45) is 12.4. The van der Waals surface area contributed by atoms with Crippen LogP contribution in [0.3, 0.4) is 0 Å². The Kier molecular flexibility index (Phi) is 4.98. The van der Waals surface area contributed by atoms with Crippen molar-refractivity contribution in [2.24, 2.45) is 11.3 Å². The Morgan fingerprint density at radius 1 is 1.56 bits per heavy atom. The molecule has 0 spiro atoms. The van der Waals surface area contributed by atoms with E-state index in [9.17, 15) is 5.11 Å². The largest absolute Gasteiger partial charge is 0.386 e. The molecule has 0 fully saturated rings. The summed E-state index contributed by atoms with van der Waals surface area (Å²) in [5.74, 6) is 0.446. The van der Waals surface area contributed by atoms with Crippen molar-refractivity contribution in [1.82, 2.24) is 0 Å². The van der Waals surface area contributed by atoms with Crippen molar-refractivity contribution in [1.29, 1.82) is 0 Å². The van der Waals surface area contributed by atoms with Gasteiger partial charge in [-0.25, -0.2) is 0 Å². The molecule has 1 aliphatic rings. The molecule has 1 rings (SSSR count). The van der Waals surface area contributed by atoms with Crippen LogP contribution in [0.5, 0.6) is 0 Å². The molecule has 0 aromatic rings. The van der Waals surface area contributed by atoms with E-state index in [4.69, 9.17) is 0 Å². The van der Waals surface area contributed by atoms with Crippen LogP contribution in [0.1, 0.15) is 53.4 Å². The number of allylic oxidation sites excluding steroid dienone is 4. The van der Waals surface area contributed by atoms with E-state index in [0.717, 1.165) is 12.8 Å². The van der Waals surface area contributed by atoms with E-state index >= 15 is 0 Å². The summed E-state index contributed by atoms with van der Waals surface area (Å²) in [6, 6.07) is 0. The van der Waals surface area contributed by atoms with Gasteiger partial charge in [0.2, 0.25) is 0 Å². The molecule has 1 nitrogen and oxygen atoms in total. The number of hydrogen-bond acceptors (Lipinski definition) is 1. The highest BCUT2D eigenvalue weighted by atomic mass is 16.3. The van der Waals surface area contributed by atoms with E-state index in [-0.39, 0.29) is 0 Å². The quantitative estimate of drug-likeness (QED) is 0.703. The van der Waals surface area contributed by atoms with Gasteiger partial charge in [-0.3, -0.25) is 0 Å². The second-order valence-electron chi connectivity index (χ2n) is 6.50. The van der Waals surface area contributed by atoms with Crippen molar-refractivity contribution in [2.45, 2.75) is 59.0 Å². The van der Waals surface area contributed by atoms with Crippen LogP contribution < -0.4 is 0 Å². The molecule has 0 saturated carbocycles. The minimum Gasteiger partial charge on any atom is -0.386 e. The summed E-state index contributed by atoms with van der Waals surface area (Å²) < 4.78 is 0. The molecule has 1 heteroatoms. The van der Waals surface area contributed by atoms with Crippen LogP contribution in [0.15, 0.2) is 36.5 Å². The highest BCUT2D eigenvalue weighted by Crippen LogP contribution is 2.41. The lowest BCUT2D eigenvalue weighted by Crippen LogP contribution is -2.28. The zero-order valence-electron chi connectivity index (χ0n) is 12.4. The lowest BCUT2D eigenvalue weighted by atomic mass is 9.68. The number of hydrogen-bond donors (Lipinski definition) is 1. The van der Waals surface area contributed by atoms with Crippen molar-refractivity contribution in [3.8, 4) is 0 Å². The first-order valence-corrected chi connectivity index (χ1v) is 6.98. The van der Waals surface area contributed by atoms with Crippen LogP contribution in [0.25, 0.3) is 0 Å². The Morgan fingerprint density at radius 3 is 2.78 bits per heavy atom. The first-order chi connectivity index (χ1) is 8.28. The third-order valence-corrected chi connectivity index (χ3v) is 4.09. The van der Waals surface area contributed by atoms with Gasteiger partial charge >= 0.3 is 0 Å². The Labute approximate surface area is 112 Å². The van der Waals surface area contributed by atoms with E-state index in [2.05, 4.69) is 39.5 Å². The van der Waals surface area contributed by atoms with Crippen LogP contribution in [-0.2, 0) is 0 Å². The van der Waals surface area contributed by atoms with Crippen LogP contribution in [0.2, 0.25) is 0 Å². The SMILES string of the molecule is C=CCCC(C)(O)/C=C/C1C(C)=CCCC1(C)C. The topological polar surface area (TPSA) is 20.2 Å². The molecule has 2 atom stereocenters. The van der Waals surface area contributed by atoms with E-state index in [1.54, 1.807) is 0 Å². The molecule has 0 amide bonds. The molecule has 1 N–H and O–H groups in total. The summed E-state index contributed by atoms with van der Waals surface area (Å²) in [7, 11) is 0. The van der Waals surface area contributed by atoms with E-state index in [0.29, 0.717) is 11.3 Å². The highest BCUT2D eigenvalue weighted by molar-refractivity contribution is 5.20. The Bertz CT molecular complexity index is 345. The summed E-state index contributed by atoms with van der Waals surface area (Å²) in [5, 5.41) is 10.3.